The fraction of sp³-hybridized carbons (Fsp3) is 0.192. The predicted molar refractivity (Wildman–Crippen MR) is 126 cm³/mol. The van der Waals surface area contributed by atoms with Crippen LogP contribution < -0.4 is 9.64 Å². The molecule has 0 spiro atoms. The number of halogens is 3. The van der Waals surface area contributed by atoms with Crippen molar-refractivity contribution in [2.24, 2.45) is 0 Å². The molecule has 0 N–H and O–H groups in total. The Hall–Kier alpha value is -4.34. The van der Waals surface area contributed by atoms with Gasteiger partial charge in [-0.3, -0.25) is 4.79 Å². The Morgan fingerprint density at radius 1 is 1.06 bits per heavy atom. The molecule has 4 aromatic rings. The molecule has 3 heterocycles. The molecule has 0 radical (unpaired) electrons. The largest absolute Gasteiger partial charge is 0.497 e. The van der Waals surface area contributed by atoms with Crippen molar-refractivity contribution in [3.63, 3.8) is 0 Å². The average molecular weight is 495 g/mol. The van der Waals surface area contributed by atoms with Gasteiger partial charge in [-0.05, 0) is 36.8 Å². The van der Waals surface area contributed by atoms with Crippen LogP contribution in [0, 0.1) is 0 Å². The number of carbonyl (C=O) groups is 2. The summed E-state index contributed by atoms with van der Waals surface area (Å²) in [6.07, 6.45) is -2.46. The molecule has 0 fully saturated rings. The molecule has 0 saturated heterocycles. The van der Waals surface area contributed by atoms with E-state index >= 15 is 0 Å². The van der Waals surface area contributed by atoms with E-state index in [4.69, 9.17) is 9.47 Å². The maximum absolute atomic E-state index is 14.1. The zero-order valence-corrected chi connectivity index (χ0v) is 19.3. The van der Waals surface area contributed by atoms with Gasteiger partial charge in [0.25, 0.3) is 5.91 Å². The first-order chi connectivity index (χ1) is 17.2. The zero-order valence-electron chi connectivity index (χ0n) is 19.3. The molecule has 0 aliphatic carbocycles. The second-order valence-electron chi connectivity index (χ2n) is 8.10. The lowest BCUT2D eigenvalue weighted by molar-refractivity contribution is -0.142. The summed E-state index contributed by atoms with van der Waals surface area (Å²) in [5, 5.41) is 0.854. The summed E-state index contributed by atoms with van der Waals surface area (Å²) in [6, 6.07) is 13.3. The molecule has 2 aromatic carbocycles. The molecule has 0 unspecified atom stereocenters. The Bertz CT molecular complexity index is 1490. The van der Waals surface area contributed by atoms with Gasteiger partial charge in [-0.25, -0.2) is 9.78 Å². The Morgan fingerprint density at radius 2 is 1.81 bits per heavy atom. The van der Waals surface area contributed by atoms with E-state index in [9.17, 15) is 22.8 Å². The summed E-state index contributed by atoms with van der Waals surface area (Å²) < 4.78 is 53.2. The first-order valence-electron chi connectivity index (χ1n) is 11.1. The number of amides is 1. The number of hydrogen-bond donors (Lipinski definition) is 0. The molecule has 0 saturated carbocycles. The van der Waals surface area contributed by atoms with Crippen LogP contribution in [0.2, 0.25) is 0 Å². The zero-order chi connectivity index (χ0) is 25.6. The van der Waals surface area contributed by atoms with E-state index in [1.165, 1.54) is 13.1 Å². The van der Waals surface area contributed by atoms with Crippen molar-refractivity contribution < 1.29 is 32.2 Å². The SMILES string of the molecule is CCOC(=O)c1ccn(-c2cnc3c4c(cccc24)N(Cc2ccc(OC)cc2)C3=O)c1C(F)(F)F. The highest BCUT2D eigenvalue weighted by Crippen LogP contribution is 2.41. The van der Waals surface area contributed by atoms with Crippen LogP contribution in [-0.2, 0) is 17.5 Å². The number of aromatic nitrogens is 2. The average Bonchev–Trinajstić information content (AvgIpc) is 3.42. The van der Waals surface area contributed by atoms with Crippen molar-refractivity contribution in [3.8, 4) is 11.4 Å². The molecule has 5 rings (SSSR count). The van der Waals surface area contributed by atoms with E-state index in [0.717, 1.165) is 22.4 Å². The fourth-order valence-electron chi connectivity index (χ4n) is 4.44. The van der Waals surface area contributed by atoms with Gasteiger partial charge < -0.3 is 18.9 Å². The van der Waals surface area contributed by atoms with Crippen LogP contribution in [0.5, 0.6) is 5.75 Å². The Balaban J connectivity index is 1.63. The fourth-order valence-corrected chi connectivity index (χ4v) is 4.44. The number of ether oxygens (including phenoxy) is 2. The van der Waals surface area contributed by atoms with Crippen LogP contribution in [0.1, 0.15) is 39.0 Å². The van der Waals surface area contributed by atoms with Gasteiger partial charge in [0.05, 0.1) is 43.4 Å². The van der Waals surface area contributed by atoms with Crippen molar-refractivity contribution in [3.05, 3.63) is 83.4 Å². The molecule has 0 bridgehead atoms. The molecule has 2 aromatic heterocycles. The number of pyridine rings is 1. The van der Waals surface area contributed by atoms with Crippen LogP contribution >= 0.6 is 0 Å². The number of rotatable bonds is 6. The number of alkyl halides is 3. The summed E-state index contributed by atoms with van der Waals surface area (Å²) in [5.74, 6) is -0.736. The van der Waals surface area contributed by atoms with E-state index < -0.39 is 23.4 Å². The minimum atomic E-state index is -4.84. The molecular weight excluding hydrogens is 475 g/mol. The van der Waals surface area contributed by atoms with E-state index in [-0.39, 0.29) is 30.4 Å². The number of nitrogens with zero attached hydrogens (tertiary/aromatic N) is 3. The summed E-state index contributed by atoms with van der Waals surface area (Å²) >= 11 is 0. The number of hydrogen-bond acceptors (Lipinski definition) is 5. The standard InChI is InChI=1S/C26H20F3N3O4/c1-3-36-25(34)18-11-12-31(23(18)26(27,28)29)20-13-30-22-21-17(20)5-4-6-19(21)32(24(22)33)14-15-7-9-16(35-2)10-8-15/h4-13H,3,14H2,1-2H3. The van der Waals surface area contributed by atoms with Gasteiger partial charge in [-0.15, -0.1) is 0 Å². The third kappa shape index (κ3) is 3.74. The van der Waals surface area contributed by atoms with Crippen LogP contribution in [0.15, 0.2) is 60.9 Å². The first-order valence-corrected chi connectivity index (χ1v) is 11.1. The van der Waals surface area contributed by atoms with E-state index in [1.54, 1.807) is 42.3 Å². The Labute approximate surface area is 203 Å². The third-order valence-corrected chi connectivity index (χ3v) is 6.02. The van der Waals surface area contributed by atoms with Crippen LogP contribution in [-0.4, -0.2) is 35.1 Å². The number of anilines is 1. The second kappa shape index (κ2) is 8.71. The number of esters is 1. The van der Waals surface area contributed by atoms with E-state index in [0.29, 0.717) is 22.2 Å². The van der Waals surface area contributed by atoms with Crippen molar-refractivity contribution >= 4 is 28.3 Å². The van der Waals surface area contributed by atoms with Gasteiger partial charge in [0.15, 0.2) is 0 Å². The minimum Gasteiger partial charge on any atom is -0.497 e. The lowest BCUT2D eigenvalue weighted by Crippen LogP contribution is -2.26. The summed E-state index contributed by atoms with van der Waals surface area (Å²) in [5.41, 5.74) is -0.114. The van der Waals surface area contributed by atoms with Gasteiger partial charge in [-0.1, -0.05) is 24.3 Å². The molecule has 1 aliphatic rings. The molecule has 36 heavy (non-hydrogen) atoms. The van der Waals surface area contributed by atoms with Gasteiger partial charge in [0, 0.05) is 17.0 Å². The predicted octanol–water partition coefficient (Wildman–Crippen LogP) is 5.39. The van der Waals surface area contributed by atoms with E-state index in [1.807, 2.05) is 12.1 Å². The van der Waals surface area contributed by atoms with Crippen LogP contribution in [0.3, 0.4) is 0 Å². The van der Waals surface area contributed by atoms with Gasteiger partial charge >= 0.3 is 12.1 Å². The highest BCUT2D eigenvalue weighted by Gasteiger charge is 2.41. The lowest BCUT2D eigenvalue weighted by Gasteiger charge is -2.18. The number of carbonyl (C=O) groups excluding carboxylic acids is 2. The van der Waals surface area contributed by atoms with Gasteiger partial charge in [0.2, 0.25) is 0 Å². The summed E-state index contributed by atoms with van der Waals surface area (Å²) in [4.78, 5) is 31.3. The highest BCUT2D eigenvalue weighted by atomic mass is 19.4. The monoisotopic (exact) mass is 495 g/mol. The molecule has 1 amide bonds. The Kier molecular flexibility index (Phi) is 5.66. The van der Waals surface area contributed by atoms with Crippen molar-refractivity contribution in [2.45, 2.75) is 19.6 Å². The van der Waals surface area contributed by atoms with E-state index in [2.05, 4.69) is 4.98 Å². The molecule has 7 nitrogen and oxygen atoms in total. The lowest BCUT2D eigenvalue weighted by atomic mass is 10.1. The maximum atomic E-state index is 14.1. The molecule has 184 valence electrons. The maximum Gasteiger partial charge on any atom is 0.432 e. The summed E-state index contributed by atoms with van der Waals surface area (Å²) in [6.45, 7) is 1.71. The quantitative estimate of drug-likeness (QED) is 0.336. The highest BCUT2D eigenvalue weighted by molar-refractivity contribution is 6.24. The van der Waals surface area contributed by atoms with Crippen LogP contribution in [0.4, 0.5) is 18.9 Å². The number of methoxy groups -OCH3 is 1. The normalized spacial score (nSPS) is 12.9. The third-order valence-electron chi connectivity index (χ3n) is 6.02. The molecule has 10 heteroatoms. The number of benzene rings is 2. The molecular formula is C26H20F3N3O4. The van der Waals surface area contributed by atoms with Gasteiger partial charge in [0.1, 0.15) is 17.1 Å². The smallest absolute Gasteiger partial charge is 0.432 e. The Morgan fingerprint density at radius 3 is 2.47 bits per heavy atom. The van der Waals surface area contributed by atoms with Gasteiger partial charge in [-0.2, -0.15) is 13.2 Å². The second-order valence-corrected chi connectivity index (χ2v) is 8.10. The van der Waals surface area contributed by atoms with Crippen molar-refractivity contribution in [1.82, 2.24) is 9.55 Å². The summed E-state index contributed by atoms with van der Waals surface area (Å²) in [7, 11) is 1.56. The topological polar surface area (TPSA) is 73.7 Å². The molecule has 0 atom stereocenters. The first kappa shape index (κ1) is 23.4. The molecule has 1 aliphatic heterocycles. The van der Waals surface area contributed by atoms with Crippen LogP contribution in [0.25, 0.3) is 16.5 Å². The van der Waals surface area contributed by atoms with Crippen molar-refractivity contribution in [1.29, 1.82) is 0 Å². The van der Waals surface area contributed by atoms with Crippen molar-refractivity contribution in [2.75, 3.05) is 18.6 Å². The minimum absolute atomic E-state index is 0.0595.